The van der Waals surface area contributed by atoms with Gasteiger partial charge in [-0.15, -0.1) is 0 Å². The van der Waals surface area contributed by atoms with Crippen LogP contribution in [0.15, 0.2) is 0 Å². The van der Waals surface area contributed by atoms with Crippen molar-refractivity contribution in [3.8, 4) is 0 Å². The molecule has 0 aliphatic heterocycles. The van der Waals surface area contributed by atoms with Crippen LogP contribution in [0.5, 0.6) is 0 Å². The summed E-state index contributed by atoms with van der Waals surface area (Å²) in [6.45, 7) is 16.8. The minimum absolute atomic E-state index is 0.00755. The zero-order valence-corrected chi connectivity index (χ0v) is 15.2. The number of hydrogen-bond acceptors (Lipinski definition) is 2. The molecule has 2 nitrogen and oxygen atoms in total. The largest absolute Gasteiger partial charge is 0.300 e. The standard InChI is InChI=1S/C19H34O2/c1-9-15-17(19(15,7)8)14(13(3)20)10-11-16(21)12(2)18(4,5)6/h12,14-15,17H,9-11H2,1-8H3. The van der Waals surface area contributed by atoms with Gasteiger partial charge < -0.3 is 0 Å². The summed E-state index contributed by atoms with van der Waals surface area (Å²) in [6.07, 6.45) is 2.42. The van der Waals surface area contributed by atoms with Gasteiger partial charge in [0, 0.05) is 18.3 Å². The first-order valence-corrected chi connectivity index (χ1v) is 8.47. The van der Waals surface area contributed by atoms with Crippen LogP contribution < -0.4 is 0 Å². The van der Waals surface area contributed by atoms with E-state index in [4.69, 9.17) is 0 Å². The molecule has 1 saturated carbocycles. The molecule has 1 rings (SSSR count). The molecule has 0 aromatic rings. The molecule has 0 amide bonds. The lowest BCUT2D eigenvalue weighted by atomic mass is 9.77. The third-order valence-electron chi connectivity index (χ3n) is 6.02. The van der Waals surface area contributed by atoms with Crippen molar-refractivity contribution >= 4 is 11.6 Å². The Morgan fingerprint density at radius 3 is 2.05 bits per heavy atom. The fraction of sp³-hybridized carbons (Fsp3) is 0.895. The van der Waals surface area contributed by atoms with Crippen LogP contribution >= 0.6 is 0 Å². The van der Waals surface area contributed by atoms with Crippen LogP contribution in [-0.4, -0.2) is 11.6 Å². The van der Waals surface area contributed by atoms with E-state index < -0.39 is 0 Å². The highest BCUT2D eigenvalue weighted by molar-refractivity contribution is 5.83. The first-order valence-electron chi connectivity index (χ1n) is 8.47. The van der Waals surface area contributed by atoms with Crippen LogP contribution in [0.25, 0.3) is 0 Å². The highest BCUT2D eigenvalue weighted by Crippen LogP contribution is 2.64. The van der Waals surface area contributed by atoms with Gasteiger partial charge in [0.05, 0.1) is 0 Å². The summed E-state index contributed by atoms with van der Waals surface area (Å²) in [7, 11) is 0. The molecule has 2 heteroatoms. The molecular weight excluding hydrogens is 260 g/mol. The smallest absolute Gasteiger partial charge is 0.136 e. The Balaban J connectivity index is 2.67. The number of carbonyl (C=O) groups excluding carboxylic acids is 2. The number of ketones is 2. The second-order valence-corrected chi connectivity index (χ2v) is 8.67. The van der Waals surface area contributed by atoms with Gasteiger partial charge in [0.15, 0.2) is 0 Å². The average Bonchev–Trinajstić information content (AvgIpc) is 2.88. The van der Waals surface area contributed by atoms with Gasteiger partial charge in [-0.3, -0.25) is 9.59 Å². The van der Waals surface area contributed by atoms with Crippen molar-refractivity contribution in [1.82, 2.24) is 0 Å². The van der Waals surface area contributed by atoms with Gasteiger partial charge in [0.2, 0.25) is 0 Å². The van der Waals surface area contributed by atoms with E-state index in [1.807, 2.05) is 6.92 Å². The molecule has 0 aromatic carbocycles. The van der Waals surface area contributed by atoms with E-state index in [9.17, 15) is 9.59 Å². The Morgan fingerprint density at radius 2 is 1.71 bits per heavy atom. The molecular formula is C19H34O2. The third kappa shape index (κ3) is 3.96. The molecule has 4 atom stereocenters. The highest BCUT2D eigenvalue weighted by Gasteiger charge is 2.60. The van der Waals surface area contributed by atoms with Crippen LogP contribution in [0.4, 0.5) is 0 Å². The minimum atomic E-state index is 0.00755. The first kappa shape index (κ1) is 18.4. The van der Waals surface area contributed by atoms with Crippen molar-refractivity contribution in [1.29, 1.82) is 0 Å². The molecule has 122 valence electrons. The van der Waals surface area contributed by atoms with E-state index in [0.717, 1.165) is 12.8 Å². The Kier molecular flexibility index (Phi) is 5.45. The van der Waals surface area contributed by atoms with Crippen LogP contribution in [0.3, 0.4) is 0 Å². The number of carbonyl (C=O) groups is 2. The molecule has 1 aliphatic rings. The molecule has 0 spiro atoms. The summed E-state index contributed by atoms with van der Waals surface area (Å²) in [5.74, 6) is 1.81. The maximum Gasteiger partial charge on any atom is 0.136 e. The molecule has 0 radical (unpaired) electrons. The molecule has 4 unspecified atom stereocenters. The summed E-state index contributed by atoms with van der Waals surface area (Å²) < 4.78 is 0. The Bertz CT molecular complexity index is 400. The molecule has 0 saturated heterocycles. The van der Waals surface area contributed by atoms with E-state index in [1.165, 1.54) is 0 Å². The summed E-state index contributed by atoms with van der Waals surface area (Å²) in [4.78, 5) is 24.4. The monoisotopic (exact) mass is 294 g/mol. The van der Waals surface area contributed by atoms with Gasteiger partial charge in [-0.1, -0.05) is 54.9 Å². The van der Waals surface area contributed by atoms with E-state index >= 15 is 0 Å². The van der Waals surface area contributed by atoms with Crippen molar-refractivity contribution in [2.24, 2.45) is 34.5 Å². The zero-order chi connectivity index (χ0) is 16.6. The molecule has 0 heterocycles. The van der Waals surface area contributed by atoms with Gasteiger partial charge in [-0.25, -0.2) is 0 Å². The molecule has 0 bridgehead atoms. The van der Waals surface area contributed by atoms with Crippen LogP contribution in [0, 0.1) is 34.5 Å². The lowest BCUT2D eigenvalue weighted by Crippen LogP contribution is -2.27. The molecule has 0 aromatic heterocycles. The topological polar surface area (TPSA) is 34.1 Å². The predicted molar refractivity (Wildman–Crippen MR) is 88.1 cm³/mol. The van der Waals surface area contributed by atoms with E-state index in [-0.39, 0.29) is 28.4 Å². The minimum Gasteiger partial charge on any atom is -0.300 e. The Hall–Kier alpha value is -0.660. The van der Waals surface area contributed by atoms with E-state index in [1.54, 1.807) is 6.92 Å². The lowest BCUT2D eigenvalue weighted by molar-refractivity contribution is -0.126. The van der Waals surface area contributed by atoms with Gasteiger partial charge in [-0.2, -0.15) is 0 Å². The number of hydrogen-bond donors (Lipinski definition) is 0. The third-order valence-corrected chi connectivity index (χ3v) is 6.02. The summed E-state index contributed by atoms with van der Waals surface area (Å²) in [5, 5.41) is 0. The SMILES string of the molecule is CCC1C(C(CCC(=O)C(C)C(C)(C)C)C(C)=O)C1(C)C. The highest BCUT2D eigenvalue weighted by atomic mass is 16.1. The Morgan fingerprint density at radius 1 is 1.19 bits per heavy atom. The molecule has 1 aliphatic carbocycles. The van der Waals surface area contributed by atoms with Crippen LogP contribution in [0.1, 0.15) is 74.7 Å². The van der Waals surface area contributed by atoms with Crippen molar-refractivity contribution in [2.75, 3.05) is 0 Å². The van der Waals surface area contributed by atoms with Gasteiger partial charge in [0.25, 0.3) is 0 Å². The van der Waals surface area contributed by atoms with E-state index in [0.29, 0.717) is 24.0 Å². The summed E-state index contributed by atoms with van der Waals surface area (Å²) >= 11 is 0. The lowest BCUT2D eigenvalue weighted by Gasteiger charge is -2.26. The van der Waals surface area contributed by atoms with Gasteiger partial charge in [0.1, 0.15) is 11.6 Å². The number of Topliss-reactive ketones (excluding diaryl/α,β-unsaturated/α-hetero) is 2. The van der Waals surface area contributed by atoms with E-state index in [2.05, 4.69) is 41.5 Å². The van der Waals surface area contributed by atoms with Crippen LogP contribution in [0.2, 0.25) is 0 Å². The van der Waals surface area contributed by atoms with Crippen molar-refractivity contribution in [3.63, 3.8) is 0 Å². The Labute approximate surface area is 131 Å². The van der Waals surface area contributed by atoms with Gasteiger partial charge in [-0.05, 0) is 36.0 Å². The quantitative estimate of drug-likeness (QED) is 0.669. The van der Waals surface area contributed by atoms with Crippen molar-refractivity contribution in [3.05, 3.63) is 0 Å². The summed E-state index contributed by atoms with van der Waals surface area (Å²) in [5.41, 5.74) is 0.275. The fourth-order valence-corrected chi connectivity index (χ4v) is 4.00. The summed E-state index contributed by atoms with van der Waals surface area (Å²) in [6, 6.07) is 0. The first-order chi connectivity index (χ1) is 9.44. The maximum atomic E-state index is 12.4. The molecule has 0 N–H and O–H groups in total. The normalized spacial score (nSPS) is 27.0. The zero-order valence-electron chi connectivity index (χ0n) is 15.2. The number of rotatable bonds is 7. The second kappa shape index (κ2) is 6.22. The van der Waals surface area contributed by atoms with Crippen LogP contribution in [-0.2, 0) is 9.59 Å². The predicted octanol–water partition coefficient (Wildman–Crippen LogP) is 4.91. The van der Waals surface area contributed by atoms with Gasteiger partial charge >= 0.3 is 0 Å². The average molecular weight is 294 g/mol. The molecule has 1 fully saturated rings. The maximum absolute atomic E-state index is 12.4. The second-order valence-electron chi connectivity index (χ2n) is 8.67. The van der Waals surface area contributed by atoms with Crippen molar-refractivity contribution < 1.29 is 9.59 Å². The van der Waals surface area contributed by atoms with Crippen molar-refractivity contribution in [2.45, 2.75) is 74.7 Å². The molecule has 21 heavy (non-hydrogen) atoms. The fourth-order valence-electron chi connectivity index (χ4n) is 4.00.